The Hall–Kier alpha value is -1.56. The summed E-state index contributed by atoms with van der Waals surface area (Å²) in [4.78, 5) is 26.4. The van der Waals surface area contributed by atoms with Crippen LogP contribution in [0.3, 0.4) is 0 Å². The molecule has 0 bridgehead atoms. The van der Waals surface area contributed by atoms with Gasteiger partial charge in [-0.15, -0.1) is 0 Å². The first-order valence-corrected chi connectivity index (χ1v) is 6.90. The van der Waals surface area contributed by atoms with Gasteiger partial charge in [0, 0.05) is 23.6 Å². The molecule has 5 nitrogen and oxygen atoms in total. The van der Waals surface area contributed by atoms with Crippen LogP contribution in [-0.2, 0) is 0 Å². The molecule has 1 aromatic rings. The van der Waals surface area contributed by atoms with Crippen molar-refractivity contribution in [1.82, 2.24) is 10.3 Å². The minimum atomic E-state index is -1.13. The number of nitrogens with one attached hydrogen (secondary N) is 1. The van der Waals surface area contributed by atoms with Crippen LogP contribution in [0.1, 0.15) is 33.7 Å². The largest absolute Gasteiger partial charge is 0.477 e. The number of carbonyl (C=O) groups is 2. The first-order chi connectivity index (χ1) is 8.66. The Bertz CT molecular complexity index is 458. The van der Waals surface area contributed by atoms with E-state index < -0.39 is 5.97 Å². The van der Waals surface area contributed by atoms with Gasteiger partial charge in [-0.25, -0.2) is 9.78 Å². The monoisotopic (exact) mass is 266 g/mol. The van der Waals surface area contributed by atoms with Crippen molar-refractivity contribution in [2.45, 2.75) is 18.9 Å². The number of hydrogen-bond donors (Lipinski definition) is 2. The number of amides is 1. The highest BCUT2D eigenvalue weighted by atomic mass is 32.2. The molecular weight excluding hydrogens is 252 g/mol. The molecule has 1 fully saturated rings. The molecule has 6 heteroatoms. The third-order valence-electron chi connectivity index (χ3n) is 2.74. The number of carbonyl (C=O) groups excluding carboxylic acids is 1. The maximum absolute atomic E-state index is 11.9. The molecule has 1 saturated heterocycles. The van der Waals surface area contributed by atoms with Crippen LogP contribution in [-0.4, -0.2) is 39.5 Å². The Morgan fingerprint density at radius 1 is 1.50 bits per heavy atom. The van der Waals surface area contributed by atoms with Gasteiger partial charge in [-0.05, 0) is 30.7 Å². The third kappa shape index (κ3) is 3.22. The maximum atomic E-state index is 11.9. The fourth-order valence-corrected chi connectivity index (χ4v) is 2.88. The lowest BCUT2D eigenvalue weighted by Gasteiger charge is -2.22. The average molecular weight is 266 g/mol. The number of nitrogens with zero attached hydrogens (tertiary/aromatic N) is 1. The number of pyridine rings is 1. The highest BCUT2D eigenvalue weighted by Crippen LogP contribution is 2.17. The van der Waals surface area contributed by atoms with E-state index in [0.717, 1.165) is 24.3 Å². The molecule has 1 aliphatic rings. The van der Waals surface area contributed by atoms with Crippen molar-refractivity contribution in [2.75, 3.05) is 11.5 Å². The van der Waals surface area contributed by atoms with E-state index in [9.17, 15) is 9.59 Å². The van der Waals surface area contributed by atoms with Gasteiger partial charge in [0.1, 0.15) is 5.69 Å². The van der Waals surface area contributed by atoms with Gasteiger partial charge in [-0.3, -0.25) is 4.79 Å². The summed E-state index contributed by atoms with van der Waals surface area (Å²) in [6.07, 6.45) is 3.43. The zero-order valence-electron chi connectivity index (χ0n) is 9.76. The van der Waals surface area contributed by atoms with E-state index in [1.807, 2.05) is 11.8 Å². The van der Waals surface area contributed by atoms with Gasteiger partial charge in [0.2, 0.25) is 0 Å². The van der Waals surface area contributed by atoms with Gasteiger partial charge >= 0.3 is 5.97 Å². The number of aromatic carboxylic acids is 1. The summed E-state index contributed by atoms with van der Waals surface area (Å²) in [5, 5.41) is 11.7. The molecule has 1 unspecified atom stereocenters. The highest BCUT2D eigenvalue weighted by Gasteiger charge is 2.17. The summed E-state index contributed by atoms with van der Waals surface area (Å²) in [5.41, 5.74) is 0.235. The topological polar surface area (TPSA) is 79.3 Å². The minimum absolute atomic E-state index is 0.110. The van der Waals surface area contributed by atoms with Crippen LogP contribution in [0, 0.1) is 0 Å². The van der Waals surface area contributed by atoms with Crippen molar-refractivity contribution in [3.05, 3.63) is 29.6 Å². The van der Waals surface area contributed by atoms with Gasteiger partial charge < -0.3 is 10.4 Å². The van der Waals surface area contributed by atoms with Gasteiger partial charge in [0.15, 0.2) is 0 Å². The lowest BCUT2D eigenvalue weighted by atomic mass is 10.1. The van der Waals surface area contributed by atoms with Crippen LogP contribution in [0.4, 0.5) is 0 Å². The van der Waals surface area contributed by atoms with Gasteiger partial charge in [-0.2, -0.15) is 11.8 Å². The maximum Gasteiger partial charge on any atom is 0.354 e. The molecule has 2 rings (SSSR count). The van der Waals surface area contributed by atoms with Gasteiger partial charge in [0.25, 0.3) is 5.91 Å². The average Bonchev–Trinajstić information content (AvgIpc) is 2.40. The normalized spacial score (nSPS) is 19.2. The van der Waals surface area contributed by atoms with E-state index in [2.05, 4.69) is 10.3 Å². The minimum Gasteiger partial charge on any atom is -0.477 e. The second kappa shape index (κ2) is 5.86. The molecule has 0 aliphatic carbocycles. The fourth-order valence-electron chi connectivity index (χ4n) is 1.81. The van der Waals surface area contributed by atoms with Crippen molar-refractivity contribution < 1.29 is 14.7 Å². The molecule has 2 N–H and O–H groups in total. The molecule has 0 radical (unpaired) electrons. The van der Waals surface area contributed by atoms with Crippen molar-refractivity contribution in [3.8, 4) is 0 Å². The standard InChI is InChI=1S/C12H14N2O3S/c15-11(14-9-2-1-5-18-7-9)8-3-4-13-10(6-8)12(16)17/h3-4,6,9H,1-2,5,7H2,(H,14,15)(H,16,17). The van der Waals surface area contributed by atoms with Crippen molar-refractivity contribution in [1.29, 1.82) is 0 Å². The van der Waals surface area contributed by atoms with Crippen LogP contribution in [0.15, 0.2) is 18.3 Å². The van der Waals surface area contributed by atoms with E-state index in [4.69, 9.17) is 5.11 Å². The molecule has 0 saturated carbocycles. The molecule has 1 atom stereocenters. The summed E-state index contributed by atoms with van der Waals surface area (Å²) in [5.74, 6) is 0.707. The molecule has 18 heavy (non-hydrogen) atoms. The highest BCUT2D eigenvalue weighted by molar-refractivity contribution is 7.99. The van der Waals surface area contributed by atoms with Crippen molar-refractivity contribution in [3.63, 3.8) is 0 Å². The predicted molar refractivity (Wildman–Crippen MR) is 69.0 cm³/mol. The first-order valence-electron chi connectivity index (χ1n) is 5.75. The van der Waals surface area contributed by atoms with Crippen molar-refractivity contribution >= 4 is 23.6 Å². The summed E-state index contributed by atoms with van der Waals surface area (Å²) >= 11 is 1.83. The first kappa shape index (κ1) is 12.9. The Labute approximate surface area is 109 Å². The molecule has 1 amide bonds. The Balaban J connectivity index is 2.03. The molecule has 2 heterocycles. The molecular formula is C12H14N2O3S. The number of carboxylic acids is 1. The van der Waals surface area contributed by atoms with E-state index in [1.54, 1.807) is 0 Å². The zero-order chi connectivity index (χ0) is 13.0. The molecule has 0 spiro atoms. The lowest BCUT2D eigenvalue weighted by Crippen LogP contribution is -2.38. The van der Waals surface area contributed by atoms with Gasteiger partial charge in [-0.1, -0.05) is 0 Å². The lowest BCUT2D eigenvalue weighted by molar-refractivity contribution is 0.0690. The second-order valence-corrected chi connectivity index (χ2v) is 5.27. The molecule has 1 aromatic heterocycles. The number of rotatable bonds is 3. The quantitative estimate of drug-likeness (QED) is 0.864. The SMILES string of the molecule is O=C(NC1CCCSC1)c1ccnc(C(=O)O)c1. The van der Waals surface area contributed by atoms with Crippen LogP contribution in [0.2, 0.25) is 0 Å². The second-order valence-electron chi connectivity index (χ2n) is 4.12. The van der Waals surface area contributed by atoms with Crippen LogP contribution in [0.25, 0.3) is 0 Å². The Morgan fingerprint density at radius 2 is 2.33 bits per heavy atom. The summed E-state index contributed by atoms with van der Waals surface area (Å²) < 4.78 is 0. The number of aromatic nitrogens is 1. The van der Waals surface area contributed by atoms with E-state index in [1.165, 1.54) is 18.3 Å². The Morgan fingerprint density at radius 3 is 3.00 bits per heavy atom. The fraction of sp³-hybridized carbons (Fsp3) is 0.417. The van der Waals surface area contributed by atoms with E-state index in [-0.39, 0.29) is 17.6 Å². The molecule has 1 aliphatic heterocycles. The van der Waals surface area contributed by atoms with Crippen LogP contribution >= 0.6 is 11.8 Å². The number of thioether (sulfide) groups is 1. The van der Waals surface area contributed by atoms with E-state index >= 15 is 0 Å². The van der Waals surface area contributed by atoms with Gasteiger partial charge in [0.05, 0.1) is 0 Å². The van der Waals surface area contributed by atoms with Crippen molar-refractivity contribution in [2.24, 2.45) is 0 Å². The zero-order valence-corrected chi connectivity index (χ0v) is 10.6. The summed E-state index contributed by atoms with van der Waals surface area (Å²) in [6.45, 7) is 0. The van der Waals surface area contributed by atoms with Crippen LogP contribution < -0.4 is 5.32 Å². The number of hydrogen-bond acceptors (Lipinski definition) is 4. The third-order valence-corrected chi connectivity index (χ3v) is 3.95. The molecule has 0 aromatic carbocycles. The van der Waals surface area contributed by atoms with Crippen LogP contribution in [0.5, 0.6) is 0 Å². The number of carboxylic acid groups (broad SMARTS) is 1. The molecule has 96 valence electrons. The summed E-state index contributed by atoms with van der Waals surface area (Å²) in [6, 6.07) is 3.00. The van der Waals surface area contributed by atoms with E-state index in [0.29, 0.717) is 5.56 Å². The summed E-state index contributed by atoms with van der Waals surface area (Å²) in [7, 11) is 0. The predicted octanol–water partition coefficient (Wildman–Crippen LogP) is 1.41. The smallest absolute Gasteiger partial charge is 0.354 e. The Kier molecular flexibility index (Phi) is 4.19.